The van der Waals surface area contributed by atoms with Crippen LogP contribution in [0.1, 0.15) is 62.9 Å². The molecule has 0 aromatic carbocycles. The Morgan fingerprint density at radius 3 is 2.25 bits per heavy atom. The quantitative estimate of drug-likeness (QED) is 0.703. The fourth-order valence-corrected chi connectivity index (χ4v) is 2.17. The summed E-state index contributed by atoms with van der Waals surface area (Å²) in [7, 11) is 0. The number of nitrogen functional groups attached to an aromatic ring is 1. The van der Waals surface area contributed by atoms with Gasteiger partial charge in [-0.3, -0.25) is 4.79 Å². The number of anilines is 1. The summed E-state index contributed by atoms with van der Waals surface area (Å²) >= 11 is 0. The molecule has 1 heterocycles. The molecule has 0 aliphatic rings. The number of carbonyl (C=O) groups excluding carboxylic acids is 1. The molecule has 0 fully saturated rings. The van der Waals surface area contributed by atoms with Gasteiger partial charge in [0, 0.05) is 19.3 Å². The fourth-order valence-electron chi connectivity index (χ4n) is 2.17. The summed E-state index contributed by atoms with van der Waals surface area (Å²) in [6.45, 7) is 5.93. The first-order valence-corrected chi connectivity index (χ1v) is 7.70. The van der Waals surface area contributed by atoms with Crippen LogP contribution in [0.2, 0.25) is 0 Å². The lowest BCUT2D eigenvalue weighted by molar-refractivity contribution is 0.0745. The molecular weight excluding hydrogens is 250 g/mol. The van der Waals surface area contributed by atoms with Crippen molar-refractivity contribution in [2.45, 2.75) is 52.4 Å². The van der Waals surface area contributed by atoms with E-state index in [2.05, 4.69) is 18.8 Å². The number of nitrogens with two attached hydrogens (primary N) is 1. The number of pyridine rings is 1. The van der Waals surface area contributed by atoms with Crippen molar-refractivity contribution in [3.63, 3.8) is 0 Å². The molecule has 0 aliphatic carbocycles. The number of rotatable bonds is 9. The monoisotopic (exact) mass is 277 g/mol. The van der Waals surface area contributed by atoms with Gasteiger partial charge in [0.1, 0.15) is 0 Å². The third-order valence-corrected chi connectivity index (χ3v) is 3.39. The number of nitrogens with zero attached hydrogens (tertiary/aromatic N) is 2. The van der Waals surface area contributed by atoms with Crippen LogP contribution in [0, 0.1) is 0 Å². The highest BCUT2D eigenvalue weighted by Crippen LogP contribution is 2.12. The van der Waals surface area contributed by atoms with Crippen molar-refractivity contribution in [1.82, 2.24) is 9.88 Å². The predicted octanol–water partition coefficient (Wildman–Crippen LogP) is 3.49. The molecule has 0 spiro atoms. The molecule has 20 heavy (non-hydrogen) atoms. The summed E-state index contributed by atoms with van der Waals surface area (Å²) in [5, 5.41) is 0. The third-order valence-electron chi connectivity index (χ3n) is 3.39. The molecule has 1 rings (SSSR count). The number of hydrogen-bond acceptors (Lipinski definition) is 3. The second kappa shape index (κ2) is 9.34. The molecule has 0 aliphatic heterocycles. The first-order chi connectivity index (χ1) is 9.70. The van der Waals surface area contributed by atoms with Crippen molar-refractivity contribution in [3.05, 3.63) is 24.0 Å². The third kappa shape index (κ3) is 5.19. The molecule has 4 nitrogen and oxygen atoms in total. The van der Waals surface area contributed by atoms with Crippen LogP contribution in [0.25, 0.3) is 0 Å². The van der Waals surface area contributed by atoms with Crippen molar-refractivity contribution >= 4 is 11.6 Å². The summed E-state index contributed by atoms with van der Waals surface area (Å²) < 4.78 is 0. The van der Waals surface area contributed by atoms with Crippen molar-refractivity contribution in [1.29, 1.82) is 0 Å². The van der Waals surface area contributed by atoms with Gasteiger partial charge in [-0.1, -0.05) is 39.5 Å². The summed E-state index contributed by atoms with van der Waals surface area (Å²) in [6, 6.07) is 3.49. The smallest absolute Gasteiger partial charge is 0.274 e. The molecule has 1 aromatic rings. The predicted molar refractivity (Wildman–Crippen MR) is 83.6 cm³/mol. The van der Waals surface area contributed by atoms with Crippen LogP contribution < -0.4 is 5.73 Å². The van der Waals surface area contributed by atoms with Gasteiger partial charge in [-0.25, -0.2) is 4.98 Å². The molecule has 1 aromatic heterocycles. The molecule has 1 amide bonds. The summed E-state index contributed by atoms with van der Waals surface area (Å²) in [4.78, 5) is 18.6. The van der Waals surface area contributed by atoms with E-state index in [-0.39, 0.29) is 5.91 Å². The van der Waals surface area contributed by atoms with Gasteiger partial charge in [0.2, 0.25) is 0 Å². The highest BCUT2D eigenvalue weighted by atomic mass is 16.2. The minimum atomic E-state index is -0.0321. The van der Waals surface area contributed by atoms with Crippen molar-refractivity contribution in [2.24, 2.45) is 0 Å². The van der Waals surface area contributed by atoms with Crippen LogP contribution in [0.15, 0.2) is 18.3 Å². The first-order valence-electron chi connectivity index (χ1n) is 7.70. The van der Waals surface area contributed by atoms with Gasteiger partial charge in [0.25, 0.3) is 5.91 Å². The van der Waals surface area contributed by atoms with Crippen molar-refractivity contribution < 1.29 is 4.79 Å². The average molecular weight is 277 g/mol. The number of amides is 1. The van der Waals surface area contributed by atoms with E-state index in [0.717, 1.165) is 51.6 Å². The summed E-state index contributed by atoms with van der Waals surface area (Å²) in [6.07, 6.45) is 8.32. The van der Waals surface area contributed by atoms with E-state index in [1.807, 2.05) is 4.90 Å². The highest BCUT2D eigenvalue weighted by molar-refractivity contribution is 5.97. The van der Waals surface area contributed by atoms with Gasteiger partial charge in [0.05, 0.1) is 5.69 Å². The van der Waals surface area contributed by atoms with Gasteiger partial charge < -0.3 is 10.6 Å². The molecule has 0 unspecified atom stereocenters. The first kappa shape index (κ1) is 16.5. The zero-order valence-corrected chi connectivity index (χ0v) is 12.8. The number of aromatic nitrogens is 1. The number of carbonyl (C=O) groups is 1. The van der Waals surface area contributed by atoms with E-state index < -0.39 is 0 Å². The number of hydrogen-bond donors (Lipinski definition) is 1. The molecular formula is C16H27N3O. The van der Waals surface area contributed by atoms with Crippen LogP contribution >= 0.6 is 0 Å². The Morgan fingerprint density at radius 2 is 1.75 bits per heavy atom. The van der Waals surface area contributed by atoms with Gasteiger partial charge in [-0.2, -0.15) is 0 Å². The second-order valence-corrected chi connectivity index (χ2v) is 5.15. The molecule has 112 valence electrons. The molecule has 0 saturated carbocycles. The molecule has 0 bridgehead atoms. The Labute approximate surface area is 122 Å². The standard InChI is InChI=1S/C16H27N3O/c1-3-5-7-12-19(13-8-6-4-2)16(20)15-14(17)10-9-11-18-15/h9-11H,3-8,12-13,17H2,1-2H3. The minimum Gasteiger partial charge on any atom is -0.397 e. The Morgan fingerprint density at radius 1 is 1.15 bits per heavy atom. The molecule has 0 radical (unpaired) electrons. The topological polar surface area (TPSA) is 59.2 Å². The lowest BCUT2D eigenvalue weighted by atomic mass is 10.2. The van der Waals surface area contributed by atoms with Crippen LogP contribution in [-0.4, -0.2) is 28.9 Å². The number of unbranched alkanes of at least 4 members (excludes halogenated alkanes) is 4. The molecule has 4 heteroatoms. The largest absolute Gasteiger partial charge is 0.397 e. The van der Waals surface area contributed by atoms with E-state index in [0.29, 0.717) is 11.4 Å². The molecule has 0 atom stereocenters. The highest BCUT2D eigenvalue weighted by Gasteiger charge is 2.18. The van der Waals surface area contributed by atoms with Crippen molar-refractivity contribution in [3.8, 4) is 0 Å². The van der Waals surface area contributed by atoms with E-state index in [1.54, 1.807) is 18.3 Å². The minimum absolute atomic E-state index is 0.0321. The lowest BCUT2D eigenvalue weighted by Crippen LogP contribution is -2.34. The van der Waals surface area contributed by atoms with E-state index in [4.69, 9.17) is 5.73 Å². The zero-order valence-electron chi connectivity index (χ0n) is 12.8. The Bertz CT molecular complexity index is 396. The average Bonchev–Trinajstić information content (AvgIpc) is 2.46. The van der Waals surface area contributed by atoms with E-state index in [9.17, 15) is 4.79 Å². The Kier molecular flexibility index (Phi) is 7.70. The van der Waals surface area contributed by atoms with Gasteiger partial charge >= 0.3 is 0 Å². The van der Waals surface area contributed by atoms with Crippen molar-refractivity contribution in [2.75, 3.05) is 18.8 Å². The fraction of sp³-hybridized carbons (Fsp3) is 0.625. The second-order valence-electron chi connectivity index (χ2n) is 5.15. The van der Waals surface area contributed by atoms with E-state index >= 15 is 0 Å². The zero-order chi connectivity index (χ0) is 14.8. The lowest BCUT2D eigenvalue weighted by Gasteiger charge is -2.22. The van der Waals surface area contributed by atoms with Crippen LogP contribution in [0.5, 0.6) is 0 Å². The maximum absolute atomic E-state index is 12.5. The van der Waals surface area contributed by atoms with Gasteiger partial charge in [-0.05, 0) is 25.0 Å². The SMILES string of the molecule is CCCCCN(CCCCC)C(=O)c1ncccc1N. The normalized spacial score (nSPS) is 10.5. The molecule has 2 N–H and O–H groups in total. The summed E-state index contributed by atoms with van der Waals surface area (Å²) in [5.74, 6) is -0.0321. The van der Waals surface area contributed by atoms with Gasteiger partial charge in [-0.15, -0.1) is 0 Å². The van der Waals surface area contributed by atoms with Gasteiger partial charge in [0.15, 0.2) is 5.69 Å². The van der Waals surface area contributed by atoms with Crippen LogP contribution in [-0.2, 0) is 0 Å². The summed E-state index contributed by atoms with van der Waals surface area (Å²) in [5.41, 5.74) is 6.71. The van der Waals surface area contributed by atoms with Crippen LogP contribution in [0.3, 0.4) is 0 Å². The maximum atomic E-state index is 12.5. The molecule has 0 saturated heterocycles. The Hall–Kier alpha value is -1.58. The Balaban J connectivity index is 2.69. The van der Waals surface area contributed by atoms with Crippen LogP contribution in [0.4, 0.5) is 5.69 Å². The maximum Gasteiger partial charge on any atom is 0.274 e. The van der Waals surface area contributed by atoms with E-state index in [1.165, 1.54) is 0 Å².